The first-order chi connectivity index (χ1) is 7.24. The normalized spacial score (nSPS) is 20.8. The van der Waals surface area contributed by atoms with Gasteiger partial charge in [-0.2, -0.15) is 0 Å². The zero-order chi connectivity index (χ0) is 11.1. The highest BCUT2D eigenvalue weighted by Crippen LogP contribution is 2.27. The Morgan fingerprint density at radius 1 is 1.20 bits per heavy atom. The SMILES string of the molecule is CC(C)CNC(CCO)C1CCCCC1. The van der Waals surface area contributed by atoms with Crippen LogP contribution < -0.4 is 5.32 Å². The average Bonchev–Trinajstić information content (AvgIpc) is 2.25. The summed E-state index contributed by atoms with van der Waals surface area (Å²) in [4.78, 5) is 0. The molecule has 0 aromatic heterocycles. The van der Waals surface area contributed by atoms with Crippen LogP contribution in [0.5, 0.6) is 0 Å². The molecule has 2 heteroatoms. The summed E-state index contributed by atoms with van der Waals surface area (Å²) in [6.45, 7) is 5.89. The Morgan fingerprint density at radius 2 is 1.87 bits per heavy atom. The van der Waals surface area contributed by atoms with Crippen LogP contribution in [0.4, 0.5) is 0 Å². The van der Waals surface area contributed by atoms with Gasteiger partial charge in [0.15, 0.2) is 0 Å². The van der Waals surface area contributed by atoms with Gasteiger partial charge in [-0.15, -0.1) is 0 Å². The second-order valence-corrected chi connectivity index (χ2v) is 5.32. The van der Waals surface area contributed by atoms with Crippen molar-refractivity contribution in [2.75, 3.05) is 13.2 Å². The van der Waals surface area contributed by atoms with E-state index in [2.05, 4.69) is 19.2 Å². The number of aliphatic hydroxyl groups is 1. The van der Waals surface area contributed by atoms with Gasteiger partial charge in [0.05, 0.1) is 0 Å². The summed E-state index contributed by atoms with van der Waals surface area (Å²) in [7, 11) is 0. The molecule has 15 heavy (non-hydrogen) atoms. The van der Waals surface area contributed by atoms with Crippen LogP contribution in [0.2, 0.25) is 0 Å². The molecule has 1 aliphatic rings. The van der Waals surface area contributed by atoms with Gasteiger partial charge in [0.2, 0.25) is 0 Å². The monoisotopic (exact) mass is 213 g/mol. The van der Waals surface area contributed by atoms with Crippen LogP contribution in [-0.4, -0.2) is 24.3 Å². The van der Waals surface area contributed by atoms with Gasteiger partial charge in [-0.1, -0.05) is 33.1 Å². The molecule has 0 spiro atoms. The van der Waals surface area contributed by atoms with E-state index in [1.165, 1.54) is 32.1 Å². The summed E-state index contributed by atoms with van der Waals surface area (Å²) >= 11 is 0. The topological polar surface area (TPSA) is 32.3 Å². The van der Waals surface area contributed by atoms with Crippen molar-refractivity contribution in [2.24, 2.45) is 11.8 Å². The van der Waals surface area contributed by atoms with Crippen molar-refractivity contribution in [3.05, 3.63) is 0 Å². The zero-order valence-corrected chi connectivity index (χ0v) is 10.3. The van der Waals surface area contributed by atoms with E-state index in [1.807, 2.05) is 0 Å². The molecular formula is C13H27NO. The van der Waals surface area contributed by atoms with Gasteiger partial charge in [0.1, 0.15) is 0 Å². The largest absolute Gasteiger partial charge is 0.396 e. The van der Waals surface area contributed by atoms with Crippen LogP contribution >= 0.6 is 0 Å². The Bertz CT molecular complexity index is 153. The van der Waals surface area contributed by atoms with Crippen molar-refractivity contribution in [3.63, 3.8) is 0 Å². The predicted molar refractivity (Wildman–Crippen MR) is 64.9 cm³/mol. The molecule has 1 unspecified atom stereocenters. The fourth-order valence-electron chi connectivity index (χ4n) is 2.57. The van der Waals surface area contributed by atoms with Gasteiger partial charge in [-0.25, -0.2) is 0 Å². The number of nitrogens with one attached hydrogen (secondary N) is 1. The van der Waals surface area contributed by atoms with Crippen LogP contribution in [0.15, 0.2) is 0 Å². The highest BCUT2D eigenvalue weighted by molar-refractivity contribution is 4.79. The molecule has 0 aliphatic heterocycles. The molecule has 1 saturated carbocycles. The lowest BCUT2D eigenvalue weighted by Gasteiger charge is -2.31. The van der Waals surface area contributed by atoms with Crippen molar-refractivity contribution >= 4 is 0 Å². The number of hydrogen-bond acceptors (Lipinski definition) is 2. The summed E-state index contributed by atoms with van der Waals surface area (Å²) in [5.74, 6) is 1.51. The molecule has 1 aliphatic carbocycles. The Hall–Kier alpha value is -0.0800. The van der Waals surface area contributed by atoms with Gasteiger partial charge in [0.25, 0.3) is 0 Å². The first-order valence-corrected chi connectivity index (χ1v) is 6.58. The van der Waals surface area contributed by atoms with E-state index in [0.29, 0.717) is 18.6 Å². The minimum absolute atomic E-state index is 0.326. The molecule has 0 bridgehead atoms. The maximum Gasteiger partial charge on any atom is 0.0445 e. The van der Waals surface area contributed by atoms with Gasteiger partial charge in [-0.3, -0.25) is 0 Å². The molecule has 0 saturated heterocycles. The molecule has 0 amide bonds. The fourth-order valence-corrected chi connectivity index (χ4v) is 2.57. The summed E-state index contributed by atoms with van der Waals surface area (Å²) in [6.07, 6.45) is 7.82. The third kappa shape index (κ3) is 4.98. The first-order valence-electron chi connectivity index (χ1n) is 6.58. The Balaban J connectivity index is 2.33. The van der Waals surface area contributed by atoms with Crippen LogP contribution in [0.3, 0.4) is 0 Å². The van der Waals surface area contributed by atoms with Gasteiger partial charge < -0.3 is 10.4 Å². The smallest absolute Gasteiger partial charge is 0.0445 e. The van der Waals surface area contributed by atoms with Crippen LogP contribution in [-0.2, 0) is 0 Å². The van der Waals surface area contributed by atoms with E-state index >= 15 is 0 Å². The minimum atomic E-state index is 0.326. The Morgan fingerprint density at radius 3 is 2.40 bits per heavy atom. The van der Waals surface area contributed by atoms with E-state index in [0.717, 1.165) is 18.9 Å². The van der Waals surface area contributed by atoms with E-state index in [-0.39, 0.29) is 0 Å². The number of aliphatic hydroxyl groups excluding tert-OH is 1. The van der Waals surface area contributed by atoms with Crippen LogP contribution in [0, 0.1) is 11.8 Å². The van der Waals surface area contributed by atoms with Crippen molar-refractivity contribution in [2.45, 2.75) is 58.4 Å². The molecule has 1 atom stereocenters. The number of rotatable bonds is 6. The molecule has 1 rings (SSSR count). The van der Waals surface area contributed by atoms with Gasteiger partial charge >= 0.3 is 0 Å². The summed E-state index contributed by atoms with van der Waals surface area (Å²) in [5.41, 5.74) is 0. The van der Waals surface area contributed by atoms with Crippen molar-refractivity contribution < 1.29 is 5.11 Å². The maximum atomic E-state index is 9.09. The minimum Gasteiger partial charge on any atom is -0.396 e. The standard InChI is InChI=1S/C13H27NO/c1-11(2)10-14-13(8-9-15)12-6-4-3-5-7-12/h11-15H,3-10H2,1-2H3. The second-order valence-electron chi connectivity index (χ2n) is 5.32. The third-order valence-electron chi connectivity index (χ3n) is 3.45. The van der Waals surface area contributed by atoms with Gasteiger partial charge in [0, 0.05) is 12.6 Å². The molecule has 0 radical (unpaired) electrons. The maximum absolute atomic E-state index is 9.09. The zero-order valence-electron chi connectivity index (χ0n) is 10.3. The number of hydrogen-bond donors (Lipinski definition) is 2. The van der Waals surface area contributed by atoms with Crippen molar-refractivity contribution in [3.8, 4) is 0 Å². The highest BCUT2D eigenvalue weighted by Gasteiger charge is 2.22. The molecule has 2 N–H and O–H groups in total. The van der Waals surface area contributed by atoms with E-state index in [1.54, 1.807) is 0 Å². The second kappa shape index (κ2) is 7.24. The predicted octanol–water partition coefficient (Wildman–Crippen LogP) is 2.56. The summed E-state index contributed by atoms with van der Waals surface area (Å²) in [6, 6.07) is 0.553. The molecular weight excluding hydrogens is 186 g/mol. The Labute approximate surface area is 94.5 Å². The first kappa shape index (κ1) is 13.0. The molecule has 0 aromatic rings. The highest BCUT2D eigenvalue weighted by atomic mass is 16.3. The van der Waals surface area contributed by atoms with E-state index < -0.39 is 0 Å². The molecule has 2 nitrogen and oxygen atoms in total. The molecule has 1 fully saturated rings. The van der Waals surface area contributed by atoms with Crippen LogP contribution in [0.25, 0.3) is 0 Å². The van der Waals surface area contributed by atoms with Crippen LogP contribution in [0.1, 0.15) is 52.4 Å². The quantitative estimate of drug-likeness (QED) is 0.711. The Kier molecular flexibility index (Phi) is 6.26. The fraction of sp³-hybridized carbons (Fsp3) is 1.00. The lowest BCUT2D eigenvalue weighted by Crippen LogP contribution is -2.39. The van der Waals surface area contributed by atoms with Crippen molar-refractivity contribution in [1.29, 1.82) is 0 Å². The summed E-state index contributed by atoms with van der Waals surface area (Å²) < 4.78 is 0. The third-order valence-corrected chi connectivity index (χ3v) is 3.45. The van der Waals surface area contributed by atoms with Gasteiger partial charge in [-0.05, 0) is 37.6 Å². The molecule has 0 heterocycles. The van der Waals surface area contributed by atoms with Crippen molar-refractivity contribution in [1.82, 2.24) is 5.32 Å². The summed E-state index contributed by atoms with van der Waals surface area (Å²) in [5, 5.41) is 12.7. The van der Waals surface area contributed by atoms with E-state index in [9.17, 15) is 0 Å². The molecule has 90 valence electrons. The molecule has 0 aromatic carbocycles. The average molecular weight is 213 g/mol. The lowest BCUT2D eigenvalue weighted by molar-refractivity contribution is 0.203. The van der Waals surface area contributed by atoms with E-state index in [4.69, 9.17) is 5.11 Å². The lowest BCUT2D eigenvalue weighted by atomic mass is 9.82.